The quantitative estimate of drug-likeness (QED) is 0.658. The normalized spacial score (nSPS) is 14.8. The Morgan fingerprint density at radius 1 is 0.708 bits per heavy atom. The Labute approximate surface area is 147 Å². The van der Waals surface area contributed by atoms with E-state index in [0.717, 1.165) is 15.3 Å². The largest absolute Gasteiger partial charge is 0.270 e. The van der Waals surface area contributed by atoms with Crippen LogP contribution in [0.15, 0.2) is 65.4 Å². The van der Waals surface area contributed by atoms with Gasteiger partial charge in [-0.05, 0) is 28.5 Å². The van der Waals surface area contributed by atoms with Gasteiger partial charge in [0.15, 0.2) is 0 Å². The van der Waals surface area contributed by atoms with E-state index >= 15 is 0 Å². The summed E-state index contributed by atoms with van der Waals surface area (Å²) < 4.78 is 0. The molecule has 0 spiro atoms. The van der Waals surface area contributed by atoms with E-state index in [9.17, 15) is 9.59 Å². The van der Waals surface area contributed by atoms with Crippen LogP contribution >= 0.6 is 22.7 Å². The van der Waals surface area contributed by atoms with Crippen LogP contribution in [0.25, 0.3) is 11.1 Å². The van der Waals surface area contributed by atoms with E-state index in [1.165, 1.54) is 27.6 Å². The van der Waals surface area contributed by atoms with Gasteiger partial charge in [-0.1, -0.05) is 42.5 Å². The molecule has 3 nitrogen and oxygen atoms in total. The molecule has 3 heterocycles. The molecule has 0 saturated heterocycles. The molecule has 0 aliphatic carbocycles. The van der Waals surface area contributed by atoms with Crippen LogP contribution in [0.1, 0.15) is 15.3 Å². The van der Waals surface area contributed by atoms with Crippen molar-refractivity contribution in [2.45, 2.75) is 6.54 Å². The number of carbonyl (C=O) groups excluding carboxylic acids is 2. The van der Waals surface area contributed by atoms with Gasteiger partial charge in [0.25, 0.3) is 11.8 Å². The second-order valence-corrected chi connectivity index (χ2v) is 7.28. The summed E-state index contributed by atoms with van der Waals surface area (Å²) in [6, 6.07) is 17.2. The average molecular weight is 351 g/mol. The van der Waals surface area contributed by atoms with Crippen LogP contribution in [-0.4, -0.2) is 16.7 Å². The fraction of sp³-hybridized carbons (Fsp3) is 0.0526. The summed E-state index contributed by atoms with van der Waals surface area (Å²) in [7, 11) is 0. The van der Waals surface area contributed by atoms with Crippen molar-refractivity contribution in [3.05, 3.63) is 80.7 Å². The second kappa shape index (κ2) is 6.19. The molecule has 1 aromatic carbocycles. The third kappa shape index (κ3) is 2.52. The lowest BCUT2D eigenvalue weighted by Crippen LogP contribution is -2.30. The molecule has 0 fully saturated rings. The Morgan fingerprint density at radius 3 is 1.71 bits per heavy atom. The maximum Gasteiger partial charge on any atom is 0.263 e. The molecule has 0 saturated carbocycles. The number of hydrogen-bond donors (Lipinski definition) is 0. The van der Waals surface area contributed by atoms with E-state index in [1.807, 2.05) is 65.4 Å². The van der Waals surface area contributed by atoms with Gasteiger partial charge in [0.05, 0.1) is 17.7 Å². The monoisotopic (exact) mass is 351 g/mol. The minimum atomic E-state index is -0.213. The van der Waals surface area contributed by atoms with Crippen molar-refractivity contribution in [2.24, 2.45) is 0 Å². The highest BCUT2D eigenvalue weighted by Gasteiger charge is 2.40. The van der Waals surface area contributed by atoms with E-state index in [2.05, 4.69) is 0 Å². The summed E-state index contributed by atoms with van der Waals surface area (Å²) >= 11 is 2.96. The lowest BCUT2D eigenvalue weighted by molar-refractivity contribution is -0.136. The molecule has 3 aromatic rings. The first-order valence-electron chi connectivity index (χ1n) is 7.48. The summed E-state index contributed by atoms with van der Waals surface area (Å²) in [5, 5.41) is 3.85. The standard InChI is InChI=1S/C19H13NO2S2/c21-18-16(14-8-4-10-23-14)17(15-9-5-11-24-15)19(22)20(18)12-13-6-2-1-3-7-13/h1-11H,12H2. The lowest BCUT2D eigenvalue weighted by Gasteiger charge is -2.15. The molecule has 4 rings (SSSR count). The molecule has 24 heavy (non-hydrogen) atoms. The van der Waals surface area contributed by atoms with E-state index in [0.29, 0.717) is 17.7 Å². The van der Waals surface area contributed by atoms with Crippen LogP contribution in [0.5, 0.6) is 0 Å². The summed E-state index contributed by atoms with van der Waals surface area (Å²) in [4.78, 5) is 29.0. The molecule has 0 unspecified atom stereocenters. The van der Waals surface area contributed by atoms with E-state index in [1.54, 1.807) is 0 Å². The van der Waals surface area contributed by atoms with Gasteiger partial charge >= 0.3 is 0 Å². The molecule has 0 atom stereocenters. The van der Waals surface area contributed by atoms with E-state index < -0.39 is 0 Å². The summed E-state index contributed by atoms with van der Waals surface area (Å²) in [5.41, 5.74) is 1.99. The van der Waals surface area contributed by atoms with Crippen LogP contribution in [0.3, 0.4) is 0 Å². The Hall–Kier alpha value is -2.50. The Bertz CT molecular complexity index is 853. The van der Waals surface area contributed by atoms with E-state index in [4.69, 9.17) is 0 Å². The molecule has 5 heteroatoms. The van der Waals surface area contributed by atoms with Crippen molar-refractivity contribution in [3.8, 4) is 0 Å². The average Bonchev–Trinajstić information content (AvgIpc) is 3.33. The molecule has 118 valence electrons. The van der Waals surface area contributed by atoms with Gasteiger partial charge in [0, 0.05) is 9.75 Å². The fourth-order valence-electron chi connectivity index (χ4n) is 2.78. The predicted octanol–water partition coefficient (Wildman–Crippen LogP) is 4.29. The molecular weight excluding hydrogens is 338 g/mol. The van der Waals surface area contributed by atoms with Crippen molar-refractivity contribution >= 4 is 45.6 Å². The first kappa shape index (κ1) is 15.1. The number of imide groups is 1. The van der Waals surface area contributed by atoms with E-state index in [-0.39, 0.29) is 11.8 Å². The zero-order chi connectivity index (χ0) is 16.5. The highest BCUT2D eigenvalue weighted by molar-refractivity contribution is 7.13. The fourth-order valence-corrected chi connectivity index (χ4v) is 4.32. The second-order valence-electron chi connectivity index (χ2n) is 5.39. The van der Waals surface area contributed by atoms with Gasteiger partial charge in [-0.3, -0.25) is 14.5 Å². The first-order valence-corrected chi connectivity index (χ1v) is 9.24. The number of thiophene rings is 2. The molecule has 2 aromatic heterocycles. The van der Waals surface area contributed by atoms with Crippen molar-refractivity contribution in [2.75, 3.05) is 0 Å². The van der Waals surface area contributed by atoms with Crippen molar-refractivity contribution in [1.82, 2.24) is 4.90 Å². The summed E-state index contributed by atoms with van der Waals surface area (Å²) in [6.45, 7) is 0.294. The van der Waals surface area contributed by atoms with Crippen LogP contribution in [-0.2, 0) is 16.1 Å². The lowest BCUT2D eigenvalue weighted by atomic mass is 10.1. The van der Waals surface area contributed by atoms with Crippen LogP contribution in [0.2, 0.25) is 0 Å². The number of carbonyl (C=O) groups is 2. The van der Waals surface area contributed by atoms with Gasteiger partial charge in [-0.2, -0.15) is 0 Å². The zero-order valence-corrected chi connectivity index (χ0v) is 14.3. The number of nitrogens with zero attached hydrogens (tertiary/aromatic N) is 1. The molecule has 0 bridgehead atoms. The Morgan fingerprint density at radius 2 is 1.25 bits per heavy atom. The maximum absolute atomic E-state index is 13.0. The molecule has 1 aliphatic heterocycles. The van der Waals surface area contributed by atoms with Gasteiger partial charge in [-0.25, -0.2) is 0 Å². The van der Waals surface area contributed by atoms with Crippen molar-refractivity contribution in [3.63, 3.8) is 0 Å². The van der Waals surface area contributed by atoms with Crippen LogP contribution in [0, 0.1) is 0 Å². The summed E-state index contributed by atoms with van der Waals surface area (Å²) in [6.07, 6.45) is 0. The third-order valence-corrected chi connectivity index (χ3v) is 5.66. The van der Waals surface area contributed by atoms with Crippen LogP contribution < -0.4 is 0 Å². The van der Waals surface area contributed by atoms with Crippen molar-refractivity contribution < 1.29 is 9.59 Å². The van der Waals surface area contributed by atoms with Gasteiger partial charge in [-0.15, -0.1) is 22.7 Å². The van der Waals surface area contributed by atoms with Crippen molar-refractivity contribution in [1.29, 1.82) is 0 Å². The highest BCUT2D eigenvalue weighted by Crippen LogP contribution is 2.39. The minimum Gasteiger partial charge on any atom is -0.270 e. The van der Waals surface area contributed by atoms with Gasteiger partial charge in [0.1, 0.15) is 0 Å². The number of benzene rings is 1. The number of amides is 2. The van der Waals surface area contributed by atoms with Gasteiger partial charge < -0.3 is 0 Å². The highest BCUT2D eigenvalue weighted by atomic mass is 32.1. The van der Waals surface area contributed by atoms with Gasteiger partial charge in [0.2, 0.25) is 0 Å². The molecule has 1 aliphatic rings. The number of hydrogen-bond acceptors (Lipinski definition) is 4. The molecule has 0 N–H and O–H groups in total. The molecule has 0 radical (unpaired) electrons. The number of rotatable bonds is 4. The topological polar surface area (TPSA) is 37.4 Å². The Kier molecular flexibility index (Phi) is 3.88. The van der Waals surface area contributed by atoms with Crippen LogP contribution in [0.4, 0.5) is 0 Å². The maximum atomic E-state index is 13.0. The Balaban J connectivity index is 1.78. The predicted molar refractivity (Wildman–Crippen MR) is 97.5 cm³/mol. The first-order chi connectivity index (χ1) is 11.8. The SMILES string of the molecule is O=C1C(c2cccs2)=C(c2cccs2)C(=O)N1Cc1ccccc1. The minimum absolute atomic E-state index is 0.213. The molecular formula is C19H13NO2S2. The zero-order valence-electron chi connectivity index (χ0n) is 12.6. The third-order valence-electron chi connectivity index (χ3n) is 3.89. The summed E-state index contributed by atoms with van der Waals surface area (Å²) in [5.74, 6) is -0.426. The smallest absolute Gasteiger partial charge is 0.263 e. The molecule has 2 amide bonds.